The molecule has 0 aliphatic carbocycles. The Morgan fingerprint density at radius 2 is 1.95 bits per heavy atom. The SMILES string of the molecule is CCCN1CCC(C(=O)OC)(N2CCCNCC2)CC1. The molecule has 0 spiro atoms. The molecule has 2 fully saturated rings. The fourth-order valence-electron chi connectivity index (χ4n) is 3.58. The number of nitrogens with one attached hydrogen (secondary N) is 1. The fraction of sp³-hybridized carbons (Fsp3) is 0.933. The molecule has 0 unspecified atom stereocenters. The number of piperidine rings is 1. The van der Waals surface area contributed by atoms with Gasteiger partial charge in [-0.2, -0.15) is 0 Å². The highest BCUT2D eigenvalue weighted by atomic mass is 16.5. The van der Waals surface area contributed by atoms with Crippen molar-refractivity contribution in [1.29, 1.82) is 0 Å². The van der Waals surface area contributed by atoms with Crippen LogP contribution < -0.4 is 5.32 Å². The van der Waals surface area contributed by atoms with Crippen molar-refractivity contribution in [2.45, 2.75) is 38.1 Å². The third-order valence-electron chi connectivity index (χ3n) is 4.73. The van der Waals surface area contributed by atoms with Crippen molar-refractivity contribution in [2.24, 2.45) is 0 Å². The lowest BCUT2D eigenvalue weighted by Gasteiger charge is -2.46. The Balaban J connectivity index is 2.08. The predicted molar refractivity (Wildman–Crippen MR) is 79.8 cm³/mol. The van der Waals surface area contributed by atoms with E-state index >= 15 is 0 Å². The first-order chi connectivity index (χ1) is 9.73. The summed E-state index contributed by atoms with van der Waals surface area (Å²) in [6.45, 7) is 9.33. The molecule has 2 saturated heterocycles. The van der Waals surface area contributed by atoms with Gasteiger partial charge in [0.05, 0.1) is 7.11 Å². The lowest BCUT2D eigenvalue weighted by molar-refractivity contribution is -0.159. The molecule has 0 bridgehead atoms. The van der Waals surface area contributed by atoms with Crippen LogP contribution in [0.1, 0.15) is 32.6 Å². The van der Waals surface area contributed by atoms with Crippen LogP contribution in [0.2, 0.25) is 0 Å². The maximum Gasteiger partial charge on any atom is 0.326 e. The number of likely N-dealkylation sites (tertiary alicyclic amines) is 1. The molecule has 0 amide bonds. The number of esters is 1. The van der Waals surface area contributed by atoms with Crippen LogP contribution in [0.3, 0.4) is 0 Å². The minimum atomic E-state index is -0.384. The van der Waals surface area contributed by atoms with E-state index in [9.17, 15) is 4.79 Å². The molecule has 5 heteroatoms. The monoisotopic (exact) mass is 283 g/mol. The Kier molecular flexibility index (Phi) is 5.81. The smallest absolute Gasteiger partial charge is 0.326 e. The average molecular weight is 283 g/mol. The Morgan fingerprint density at radius 3 is 2.60 bits per heavy atom. The van der Waals surface area contributed by atoms with Gasteiger partial charge in [0, 0.05) is 32.7 Å². The molecule has 2 rings (SSSR count). The van der Waals surface area contributed by atoms with Gasteiger partial charge in [-0.15, -0.1) is 0 Å². The zero-order valence-corrected chi connectivity index (χ0v) is 13.0. The van der Waals surface area contributed by atoms with E-state index in [0.717, 1.165) is 65.1 Å². The van der Waals surface area contributed by atoms with Gasteiger partial charge in [0.2, 0.25) is 0 Å². The van der Waals surface area contributed by atoms with Crippen LogP contribution in [0.15, 0.2) is 0 Å². The predicted octanol–water partition coefficient (Wildman–Crippen LogP) is 0.699. The molecule has 116 valence electrons. The summed E-state index contributed by atoms with van der Waals surface area (Å²) in [6.07, 6.45) is 4.09. The molecule has 0 radical (unpaired) electrons. The minimum Gasteiger partial charge on any atom is -0.468 e. The average Bonchev–Trinajstić information content (AvgIpc) is 2.77. The second kappa shape index (κ2) is 7.38. The standard InChI is InChI=1S/C15H29N3O2/c1-3-9-17-11-5-15(6-12-17,14(19)20-2)18-10-4-7-16-8-13-18/h16H,3-13H2,1-2H3. The van der Waals surface area contributed by atoms with Crippen molar-refractivity contribution in [1.82, 2.24) is 15.1 Å². The number of carbonyl (C=O) groups excluding carboxylic acids is 1. The van der Waals surface area contributed by atoms with Crippen molar-refractivity contribution >= 4 is 5.97 Å². The Hall–Kier alpha value is -0.650. The molecule has 2 aliphatic rings. The molecule has 0 aromatic heterocycles. The first kappa shape index (κ1) is 15.7. The number of ether oxygens (including phenoxy) is 1. The molecule has 0 aromatic rings. The third kappa shape index (κ3) is 3.32. The van der Waals surface area contributed by atoms with Crippen LogP contribution in [-0.2, 0) is 9.53 Å². The lowest BCUT2D eigenvalue weighted by atomic mass is 9.85. The summed E-state index contributed by atoms with van der Waals surface area (Å²) in [5.74, 6) is -0.0319. The van der Waals surface area contributed by atoms with E-state index < -0.39 is 0 Å². The third-order valence-corrected chi connectivity index (χ3v) is 4.73. The molecule has 20 heavy (non-hydrogen) atoms. The Labute approximate surface area is 122 Å². The number of hydrogen-bond donors (Lipinski definition) is 1. The Morgan fingerprint density at radius 1 is 1.20 bits per heavy atom. The quantitative estimate of drug-likeness (QED) is 0.770. The topological polar surface area (TPSA) is 44.8 Å². The Bertz CT molecular complexity index is 306. The van der Waals surface area contributed by atoms with Crippen molar-refractivity contribution in [3.63, 3.8) is 0 Å². The fourth-order valence-corrected chi connectivity index (χ4v) is 3.58. The van der Waals surface area contributed by atoms with Gasteiger partial charge in [-0.25, -0.2) is 0 Å². The van der Waals surface area contributed by atoms with Crippen molar-refractivity contribution in [3.8, 4) is 0 Å². The van der Waals surface area contributed by atoms with Crippen LogP contribution in [-0.4, -0.2) is 74.2 Å². The minimum absolute atomic E-state index is 0.0319. The zero-order chi connectivity index (χ0) is 14.4. The second-order valence-corrected chi connectivity index (χ2v) is 5.96. The number of methoxy groups -OCH3 is 1. The van der Waals surface area contributed by atoms with E-state index in [0.29, 0.717) is 0 Å². The summed E-state index contributed by atoms with van der Waals surface area (Å²) in [4.78, 5) is 17.3. The molecule has 2 heterocycles. The van der Waals surface area contributed by atoms with E-state index in [1.165, 1.54) is 13.5 Å². The highest BCUT2D eigenvalue weighted by molar-refractivity contribution is 5.81. The molecule has 0 atom stereocenters. The van der Waals surface area contributed by atoms with Gasteiger partial charge in [-0.1, -0.05) is 6.92 Å². The van der Waals surface area contributed by atoms with Gasteiger partial charge in [-0.3, -0.25) is 9.69 Å². The molecule has 5 nitrogen and oxygen atoms in total. The largest absolute Gasteiger partial charge is 0.468 e. The van der Waals surface area contributed by atoms with Crippen molar-refractivity contribution in [3.05, 3.63) is 0 Å². The lowest BCUT2D eigenvalue weighted by Crippen LogP contribution is -2.61. The summed E-state index contributed by atoms with van der Waals surface area (Å²) in [7, 11) is 1.53. The van der Waals surface area contributed by atoms with Gasteiger partial charge < -0.3 is 15.0 Å². The number of rotatable bonds is 4. The van der Waals surface area contributed by atoms with Gasteiger partial charge >= 0.3 is 5.97 Å². The second-order valence-electron chi connectivity index (χ2n) is 5.96. The van der Waals surface area contributed by atoms with Crippen molar-refractivity contribution < 1.29 is 9.53 Å². The van der Waals surface area contributed by atoms with E-state index in [-0.39, 0.29) is 11.5 Å². The maximum atomic E-state index is 12.5. The van der Waals surface area contributed by atoms with Crippen LogP contribution in [0.25, 0.3) is 0 Å². The van der Waals surface area contributed by atoms with Crippen LogP contribution in [0.5, 0.6) is 0 Å². The first-order valence-electron chi connectivity index (χ1n) is 7.99. The van der Waals surface area contributed by atoms with Gasteiger partial charge in [0.15, 0.2) is 0 Å². The first-order valence-corrected chi connectivity index (χ1v) is 7.99. The number of nitrogens with zero attached hydrogens (tertiary/aromatic N) is 2. The van der Waals surface area contributed by atoms with Gasteiger partial charge in [-0.05, 0) is 38.8 Å². The van der Waals surface area contributed by atoms with E-state index in [2.05, 4.69) is 22.0 Å². The summed E-state index contributed by atoms with van der Waals surface area (Å²) in [6, 6.07) is 0. The van der Waals surface area contributed by atoms with Gasteiger partial charge in [0.1, 0.15) is 5.54 Å². The molecule has 0 saturated carbocycles. The molecule has 2 aliphatic heterocycles. The summed E-state index contributed by atoms with van der Waals surface area (Å²) in [5, 5.41) is 3.42. The van der Waals surface area contributed by atoms with Crippen LogP contribution >= 0.6 is 0 Å². The molecule has 1 N–H and O–H groups in total. The number of carbonyl (C=O) groups is 1. The summed E-state index contributed by atoms with van der Waals surface area (Å²) >= 11 is 0. The number of hydrogen-bond acceptors (Lipinski definition) is 5. The normalized spacial score (nSPS) is 25.1. The molecular weight excluding hydrogens is 254 g/mol. The van der Waals surface area contributed by atoms with E-state index in [1.807, 2.05) is 0 Å². The highest BCUT2D eigenvalue weighted by Gasteiger charge is 2.46. The summed E-state index contributed by atoms with van der Waals surface area (Å²) < 4.78 is 5.16. The van der Waals surface area contributed by atoms with Crippen LogP contribution in [0.4, 0.5) is 0 Å². The zero-order valence-electron chi connectivity index (χ0n) is 13.0. The van der Waals surface area contributed by atoms with Crippen molar-refractivity contribution in [2.75, 3.05) is 52.9 Å². The van der Waals surface area contributed by atoms with E-state index in [4.69, 9.17) is 4.74 Å². The molecular formula is C15H29N3O2. The maximum absolute atomic E-state index is 12.5. The summed E-state index contributed by atoms with van der Waals surface area (Å²) in [5.41, 5.74) is -0.384. The van der Waals surface area contributed by atoms with Crippen LogP contribution in [0, 0.1) is 0 Å². The molecule has 0 aromatic carbocycles. The van der Waals surface area contributed by atoms with E-state index in [1.54, 1.807) is 0 Å². The van der Waals surface area contributed by atoms with Gasteiger partial charge in [0.25, 0.3) is 0 Å². The highest BCUT2D eigenvalue weighted by Crippen LogP contribution is 2.31.